The number of nitrogens with zero attached hydrogens (tertiary/aromatic N) is 2. The predicted octanol–water partition coefficient (Wildman–Crippen LogP) is 1.29. The minimum Gasteiger partial charge on any atom is -0.393 e. The first kappa shape index (κ1) is 13.9. The van der Waals surface area contributed by atoms with E-state index < -0.39 is 0 Å². The van der Waals surface area contributed by atoms with Crippen LogP contribution in [0.4, 0.5) is 4.79 Å². The molecule has 2 amide bonds. The number of aromatic nitrogens is 1. The summed E-state index contributed by atoms with van der Waals surface area (Å²) in [6, 6.07) is 3.96. The molecule has 1 aromatic heterocycles. The van der Waals surface area contributed by atoms with E-state index in [1.54, 1.807) is 0 Å². The molecule has 1 unspecified atom stereocenters. The summed E-state index contributed by atoms with van der Waals surface area (Å²) in [7, 11) is 0. The quantitative estimate of drug-likeness (QED) is 0.862. The number of piperidine rings is 1. The molecule has 0 saturated carbocycles. The van der Waals surface area contributed by atoms with Crippen LogP contribution in [0.3, 0.4) is 0 Å². The maximum Gasteiger partial charge on any atom is 0.317 e. The molecular weight excluding hydrogens is 242 g/mol. The van der Waals surface area contributed by atoms with Gasteiger partial charge in [-0.25, -0.2) is 4.79 Å². The number of hydrogen-bond acceptors (Lipinski definition) is 2. The largest absolute Gasteiger partial charge is 0.393 e. The number of hydrogen-bond donors (Lipinski definition) is 2. The van der Waals surface area contributed by atoms with Gasteiger partial charge in [-0.3, -0.25) is 0 Å². The van der Waals surface area contributed by atoms with Crippen molar-refractivity contribution in [2.45, 2.75) is 32.4 Å². The van der Waals surface area contributed by atoms with Gasteiger partial charge in [0.2, 0.25) is 0 Å². The van der Waals surface area contributed by atoms with E-state index in [4.69, 9.17) is 0 Å². The van der Waals surface area contributed by atoms with Crippen molar-refractivity contribution in [2.75, 3.05) is 19.6 Å². The molecule has 1 saturated heterocycles. The van der Waals surface area contributed by atoms with Gasteiger partial charge in [-0.05, 0) is 37.8 Å². The molecule has 0 aliphatic carbocycles. The van der Waals surface area contributed by atoms with Gasteiger partial charge in [0.25, 0.3) is 0 Å². The number of carbonyl (C=O) groups is 1. The highest BCUT2D eigenvalue weighted by Crippen LogP contribution is 2.20. The first-order chi connectivity index (χ1) is 9.16. The van der Waals surface area contributed by atoms with E-state index in [1.807, 2.05) is 40.9 Å². The number of aliphatic hydroxyl groups is 1. The molecule has 2 rings (SSSR count). The summed E-state index contributed by atoms with van der Waals surface area (Å²) >= 11 is 0. The van der Waals surface area contributed by atoms with Crippen LogP contribution >= 0.6 is 0 Å². The summed E-state index contributed by atoms with van der Waals surface area (Å²) in [6.07, 6.45) is 5.49. The smallest absolute Gasteiger partial charge is 0.317 e. The molecule has 1 aliphatic rings. The third-order valence-corrected chi connectivity index (χ3v) is 3.82. The van der Waals surface area contributed by atoms with Crippen LogP contribution < -0.4 is 5.32 Å². The Bertz CT molecular complexity index is 381. The fraction of sp³-hybridized carbons (Fsp3) is 0.643. The van der Waals surface area contributed by atoms with Gasteiger partial charge in [-0.15, -0.1) is 0 Å². The van der Waals surface area contributed by atoms with Gasteiger partial charge < -0.3 is 19.9 Å². The lowest BCUT2D eigenvalue weighted by Crippen LogP contribution is -2.46. The summed E-state index contributed by atoms with van der Waals surface area (Å²) in [5.41, 5.74) is 0. The Balaban J connectivity index is 1.67. The Morgan fingerprint density at radius 1 is 1.37 bits per heavy atom. The first-order valence-electron chi connectivity index (χ1n) is 6.98. The average molecular weight is 265 g/mol. The van der Waals surface area contributed by atoms with Crippen molar-refractivity contribution >= 4 is 6.03 Å². The van der Waals surface area contributed by atoms with Crippen LogP contribution in [-0.4, -0.2) is 46.3 Å². The maximum absolute atomic E-state index is 11.9. The van der Waals surface area contributed by atoms with Crippen LogP contribution in [0.25, 0.3) is 0 Å². The summed E-state index contributed by atoms with van der Waals surface area (Å²) in [5, 5.41) is 12.5. The second-order valence-electron chi connectivity index (χ2n) is 5.22. The monoisotopic (exact) mass is 265 g/mol. The van der Waals surface area contributed by atoms with Gasteiger partial charge in [-0.2, -0.15) is 0 Å². The lowest BCUT2D eigenvalue weighted by molar-refractivity contribution is 0.0798. The molecule has 1 aromatic rings. The fourth-order valence-electron chi connectivity index (χ4n) is 2.51. The van der Waals surface area contributed by atoms with Crippen LogP contribution in [0, 0.1) is 5.92 Å². The van der Waals surface area contributed by atoms with E-state index in [1.165, 1.54) is 0 Å². The molecule has 5 nitrogen and oxygen atoms in total. The molecule has 0 bridgehead atoms. The van der Waals surface area contributed by atoms with E-state index >= 15 is 0 Å². The van der Waals surface area contributed by atoms with E-state index in [0.29, 0.717) is 12.5 Å². The standard InChI is InChI=1S/C14H23N3O2/c1-12(18)13-4-9-17(10-5-13)14(19)15-6-11-16-7-2-3-8-16/h2-3,7-8,12-13,18H,4-6,9-11H2,1H3,(H,15,19). The molecular formula is C14H23N3O2. The number of amides is 2. The molecule has 2 N–H and O–H groups in total. The third-order valence-electron chi connectivity index (χ3n) is 3.82. The lowest BCUT2D eigenvalue weighted by Gasteiger charge is -2.33. The van der Waals surface area contributed by atoms with Crippen molar-refractivity contribution in [3.63, 3.8) is 0 Å². The number of likely N-dealkylation sites (tertiary alicyclic amines) is 1. The highest BCUT2D eigenvalue weighted by Gasteiger charge is 2.24. The zero-order valence-corrected chi connectivity index (χ0v) is 11.5. The second-order valence-corrected chi connectivity index (χ2v) is 5.22. The Labute approximate surface area is 114 Å². The van der Waals surface area contributed by atoms with Gasteiger partial charge in [0, 0.05) is 38.6 Å². The molecule has 2 heterocycles. The minimum absolute atomic E-state index is 0.0104. The van der Waals surface area contributed by atoms with Crippen LogP contribution in [0.5, 0.6) is 0 Å². The van der Waals surface area contributed by atoms with Crippen LogP contribution in [0.15, 0.2) is 24.5 Å². The molecule has 5 heteroatoms. The highest BCUT2D eigenvalue weighted by atomic mass is 16.3. The summed E-state index contributed by atoms with van der Waals surface area (Å²) < 4.78 is 2.04. The van der Waals surface area contributed by atoms with Crippen LogP contribution in [0.2, 0.25) is 0 Å². The lowest BCUT2D eigenvalue weighted by atomic mass is 9.92. The number of nitrogens with one attached hydrogen (secondary N) is 1. The Hall–Kier alpha value is -1.49. The Morgan fingerprint density at radius 3 is 2.58 bits per heavy atom. The van der Waals surface area contributed by atoms with Gasteiger partial charge in [0.1, 0.15) is 0 Å². The zero-order valence-electron chi connectivity index (χ0n) is 11.5. The predicted molar refractivity (Wildman–Crippen MR) is 73.8 cm³/mol. The average Bonchev–Trinajstić information content (AvgIpc) is 2.92. The molecule has 1 aliphatic heterocycles. The molecule has 0 radical (unpaired) electrons. The van der Waals surface area contributed by atoms with Crippen molar-refractivity contribution in [3.05, 3.63) is 24.5 Å². The molecule has 0 aromatic carbocycles. The highest BCUT2D eigenvalue weighted by molar-refractivity contribution is 5.74. The van der Waals surface area contributed by atoms with Crippen LogP contribution in [-0.2, 0) is 6.54 Å². The van der Waals surface area contributed by atoms with E-state index in [-0.39, 0.29) is 12.1 Å². The Morgan fingerprint density at radius 2 is 2.00 bits per heavy atom. The van der Waals surface area contributed by atoms with E-state index in [2.05, 4.69) is 5.32 Å². The fourth-order valence-corrected chi connectivity index (χ4v) is 2.51. The van der Waals surface area contributed by atoms with Gasteiger partial charge in [0.05, 0.1) is 6.10 Å². The molecule has 1 atom stereocenters. The van der Waals surface area contributed by atoms with Crippen molar-refractivity contribution in [1.82, 2.24) is 14.8 Å². The number of urea groups is 1. The summed E-state index contributed by atoms with van der Waals surface area (Å²) in [6.45, 7) is 4.75. The van der Waals surface area contributed by atoms with Gasteiger partial charge in [0.15, 0.2) is 0 Å². The summed E-state index contributed by atoms with van der Waals surface area (Å²) in [4.78, 5) is 13.8. The number of carbonyl (C=O) groups excluding carboxylic acids is 1. The SMILES string of the molecule is CC(O)C1CCN(C(=O)NCCn2cccc2)CC1. The molecule has 0 spiro atoms. The second kappa shape index (κ2) is 6.61. The van der Waals surface area contributed by atoms with Gasteiger partial charge in [-0.1, -0.05) is 0 Å². The van der Waals surface area contributed by atoms with Crippen molar-refractivity contribution < 1.29 is 9.90 Å². The molecule has 106 valence electrons. The maximum atomic E-state index is 11.9. The zero-order chi connectivity index (χ0) is 13.7. The van der Waals surface area contributed by atoms with Crippen LogP contribution in [0.1, 0.15) is 19.8 Å². The number of aliphatic hydroxyl groups excluding tert-OH is 1. The topological polar surface area (TPSA) is 57.5 Å². The van der Waals surface area contributed by atoms with E-state index in [0.717, 1.165) is 32.5 Å². The normalized spacial score (nSPS) is 18.3. The molecule has 19 heavy (non-hydrogen) atoms. The van der Waals surface area contributed by atoms with Gasteiger partial charge >= 0.3 is 6.03 Å². The minimum atomic E-state index is -0.265. The third kappa shape index (κ3) is 3.99. The van der Waals surface area contributed by atoms with Crippen molar-refractivity contribution in [2.24, 2.45) is 5.92 Å². The molecule has 1 fully saturated rings. The Kier molecular flexibility index (Phi) is 4.85. The number of rotatable bonds is 4. The van der Waals surface area contributed by atoms with Crippen molar-refractivity contribution in [3.8, 4) is 0 Å². The van der Waals surface area contributed by atoms with Crippen molar-refractivity contribution in [1.29, 1.82) is 0 Å². The first-order valence-corrected chi connectivity index (χ1v) is 6.98. The summed E-state index contributed by atoms with van der Waals surface area (Å²) in [5.74, 6) is 0.337. The van der Waals surface area contributed by atoms with E-state index in [9.17, 15) is 9.90 Å².